The molecule has 1 saturated heterocycles. The van der Waals surface area contributed by atoms with E-state index in [1.165, 1.54) is 71.0 Å². The van der Waals surface area contributed by atoms with Crippen molar-refractivity contribution in [2.45, 2.75) is 84.2 Å². The monoisotopic (exact) mass is 280 g/mol. The van der Waals surface area contributed by atoms with Crippen LogP contribution < -0.4 is 5.32 Å². The third-order valence-electron chi connectivity index (χ3n) is 5.41. The number of hydrogen-bond donors (Lipinski definition) is 1. The van der Waals surface area contributed by atoms with E-state index in [0.717, 1.165) is 23.9 Å². The van der Waals surface area contributed by atoms with Gasteiger partial charge in [0.05, 0.1) is 0 Å². The van der Waals surface area contributed by atoms with Gasteiger partial charge < -0.3 is 10.2 Å². The second-order valence-corrected chi connectivity index (χ2v) is 7.55. The lowest BCUT2D eigenvalue weighted by Gasteiger charge is -2.41. The highest BCUT2D eigenvalue weighted by Gasteiger charge is 2.30. The number of unbranched alkanes of at least 4 members (excludes halogenated alkanes) is 1. The zero-order chi connectivity index (χ0) is 14.4. The third kappa shape index (κ3) is 5.04. The Morgan fingerprint density at radius 2 is 1.80 bits per heavy atom. The molecule has 20 heavy (non-hydrogen) atoms. The summed E-state index contributed by atoms with van der Waals surface area (Å²) in [6, 6.07) is 1.56. The molecule has 2 unspecified atom stereocenters. The van der Waals surface area contributed by atoms with Gasteiger partial charge in [-0.25, -0.2) is 0 Å². The Balaban J connectivity index is 1.85. The van der Waals surface area contributed by atoms with Gasteiger partial charge in [0.2, 0.25) is 0 Å². The second kappa shape index (κ2) is 8.38. The molecular weight excluding hydrogens is 244 g/mol. The van der Waals surface area contributed by atoms with Crippen LogP contribution in [0.4, 0.5) is 0 Å². The standard InChI is InChI=1S/C18H36N2/c1-4-5-11-20-13-16(15(2)3)12-18(14-20)19-17-9-7-6-8-10-17/h15-19H,4-14H2,1-3H3. The maximum atomic E-state index is 4.01. The molecule has 2 heteroatoms. The third-order valence-corrected chi connectivity index (χ3v) is 5.41. The molecule has 0 aromatic carbocycles. The highest BCUT2D eigenvalue weighted by Crippen LogP contribution is 2.26. The van der Waals surface area contributed by atoms with E-state index in [4.69, 9.17) is 0 Å². The van der Waals surface area contributed by atoms with Gasteiger partial charge in [-0.15, -0.1) is 0 Å². The first kappa shape index (κ1) is 16.3. The molecule has 2 nitrogen and oxygen atoms in total. The van der Waals surface area contributed by atoms with Crippen LogP contribution in [0.3, 0.4) is 0 Å². The Labute approximate surface area is 126 Å². The molecule has 0 spiro atoms. The van der Waals surface area contributed by atoms with Crippen molar-refractivity contribution in [2.75, 3.05) is 19.6 Å². The number of nitrogens with one attached hydrogen (secondary N) is 1. The van der Waals surface area contributed by atoms with Crippen molar-refractivity contribution in [3.63, 3.8) is 0 Å². The zero-order valence-electron chi connectivity index (χ0n) is 14.0. The van der Waals surface area contributed by atoms with Crippen LogP contribution in [0.15, 0.2) is 0 Å². The lowest BCUT2D eigenvalue weighted by Crippen LogP contribution is -2.53. The molecule has 0 radical (unpaired) electrons. The number of rotatable bonds is 6. The summed E-state index contributed by atoms with van der Waals surface area (Å²) in [7, 11) is 0. The van der Waals surface area contributed by atoms with Crippen molar-refractivity contribution < 1.29 is 0 Å². The summed E-state index contributed by atoms with van der Waals surface area (Å²) in [5, 5.41) is 4.01. The van der Waals surface area contributed by atoms with E-state index >= 15 is 0 Å². The minimum atomic E-state index is 0.746. The SMILES string of the molecule is CCCCN1CC(NC2CCCCC2)CC(C(C)C)C1. The fourth-order valence-corrected chi connectivity index (χ4v) is 4.00. The van der Waals surface area contributed by atoms with Gasteiger partial charge >= 0.3 is 0 Å². The van der Waals surface area contributed by atoms with Crippen LogP contribution in [0, 0.1) is 11.8 Å². The molecule has 1 saturated carbocycles. The van der Waals surface area contributed by atoms with E-state index in [1.54, 1.807) is 0 Å². The van der Waals surface area contributed by atoms with Crippen LogP contribution in [0.1, 0.15) is 72.1 Å². The van der Waals surface area contributed by atoms with Gasteiger partial charge in [-0.05, 0) is 44.1 Å². The zero-order valence-corrected chi connectivity index (χ0v) is 14.0. The first-order valence-electron chi connectivity index (χ1n) is 9.17. The van der Waals surface area contributed by atoms with Crippen LogP contribution in [-0.2, 0) is 0 Å². The summed E-state index contributed by atoms with van der Waals surface area (Å²) in [6.45, 7) is 11.1. The van der Waals surface area contributed by atoms with Crippen molar-refractivity contribution in [1.82, 2.24) is 10.2 Å². The van der Waals surface area contributed by atoms with Crippen molar-refractivity contribution in [2.24, 2.45) is 11.8 Å². The summed E-state index contributed by atoms with van der Waals surface area (Å²) in [6.07, 6.45) is 11.3. The number of nitrogens with zero attached hydrogens (tertiary/aromatic N) is 1. The van der Waals surface area contributed by atoms with Crippen molar-refractivity contribution in [3.8, 4) is 0 Å². The van der Waals surface area contributed by atoms with Crippen LogP contribution in [-0.4, -0.2) is 36.6 Å². The van der Waals surface area contributed by atoms with E-state index in [1.807, 2.05) is 0 Å². The number of piperidine rings is 1. The Morgan fingerprint density at radius 1 is 1.05 bits per heavy atom. The molecule has 1 heterocycles. The summed E-state index contributed by atoms with van der Waals surface area (Å²) in [5.74, 6) is 1.72. The number of likely N-dealkylation sites (tertiary alicyclic amines) is 1. The maximum absolute atomic E-state index is 4.01. The van der Waals surface area contributed by atoms with E-state index < -0.39 is 0 Å². The van der Waals surface area contributed by atoms with Crippen molar-refractivity contribution in [3.05, 3.63) is 0 Å². The van der Waals surface area contributed by atoms with Crippen molar-refractivity contribution >= 4 is 0 Å². The fraction of sp³-hybridized carbons (Fsp3) is 1.00. The van der Waals surface area contributed by atoms with Crippen LogP contribution >= 0.6 is 0 Å². The van der Waals surface area contributed by atoms with Gasteiger partial charge in [-0.2, -0.15) is 0 Å². The average Bonchev–Trinajstić information content (AvgIpc) is 2.46. The summed E-state index contributed by atoms with van der Waals surface area (Å²) in [4.78, 5) is 2.73. The molecule has 0 bridgehead atoms. The van der Waals surface area contributed by atoms with Gasteiger partial charge in [0.25, 0.3) is 0 Å². The average molecular weight is 280 g/mol. The fourth-order valence-electron chi connectivity index (χ4n) is 4.00. The quantitative estimate of drug-likeness (QED) is 0.789. The van der Waals surface area contributed by atoms with Gasteiger partial charge in [0.1, 0.15) is 0 Å². The molecule has 118 valence electrons. The normalized spacial score (nSPS) is 30.0. The summed E-state index contributed by atoms with van der Waals surface area (Å²) in [5.41, 5.74) is 0. The first-order valence-corrected chi connectivity index (χ1v) is 9.17. The molecule has 1 N–H and O–H groups in total. The van der Waals surface area contributed by atoms with Crippen LogP contribution in [0.25, 0.3) is 0 Å². The number of hydrogen-bond acceptors (Lipinski definition) is 2. The van der Waals surface area contributed by atoms with Gasteiger partial charge in [-0.1, -0.05) is 46.5 Å². The molecule has 0 aromatic heterocycles. The molecule has 2 rings (SSSR count). The topological polar surface area (TPSA) is 15.3 Å². The van der Waals surface area contributed by atoms with E-state index in [9.17, 15) is 0 Å². The summed E-state index contributed by atoms with van der Waals surface area (Å²) < 4.78 is 0. The highest BCUT2D eigenvalue weighted by atomic mass is 15.2. The van der Waals surface area contributed by atoms with E-state index in [2.05, 4.69) is 31.0 Å². The second-order valence-electron chi connectivity index (χ2n) is 7.55. The molecule has 2 aliphatic rings. The lowest BCUT2D eigenvalue weighted by molar-refractivity contribution is 0.106. The Hall–Kier alpha value is -0.0800. The predicted octanol–water partition coefficient (Wildman–Crippen LogP) is 4.06. The van der Waals surface area contributed by atoms with Crippen LogP contribution in [0.2, 0.25) is 0 Å². The van der Waals surface area contributed by atoms with E-state index in [-0.39, 0.29) is 0 Å². The molecule has 2 atom stereocenters. The van der Waals surface area contributed by atoms with Gasteiger partial charge in [0.15, 0.2) is 0 Å². The smallest absolute Gasteiger partial charge is 0.0200 e. The minimum Gasteiger partial charge on any atom is -0.310 e. The molecule has 0 amide bonds. The Kier molecular flexibility index (Phi) is 6.83. The molecule has 1 aliphatic heterocycles. The Morgan fingerprint density at radius 3 is 2.45 bits per heavy atom. The largest absolute Gasteiger partial charge is 0.310 e. The lowest BCUT2D eigenvalue weighted by atomic mass is 9.84. The maximum Gasteiger partial charge on any atom is 0.0200 e. The van der Waals surface area contributed by atoms with Crippen molar-refractivity contribution in [1.29, 1.82) is 0 Å². The Bertz CT molecular complexity index is 258. The molecule has 2 fully saturated rings. The molecular formula is C18H36N2. The van der Waals surface area contributed by atoms with Crippen LogP contribution in [0.5, 0.6) is 0 Å². The molecule has 1 aliphatic carbocycles. The predicted molar refractivity (Wildman–Crippen MR) is 88.1 cm³/mol. The van der Waals surface area contributed by atoms with Gasteiger partial charge in [-0.3, -0.25) is 0 Å². The summed E-state index contributed by atoms with van der Waals surface area (Å²) >= 11 is 0. The van der Waals surface area contributed by atoms with E-state index in [0.29, 0.717) is 0 Å². The first-order chi connectivity index (χ1) is 9.69. The highest BCUT2D eigenvalue weighted by molar-refractivity contribution is 4.87. The minimum absolute atomic E-state index is 0.746. The molecule has 0 aromatic rings. The van der Waals surface area contributed by atoms with Gasteiger partial charge in [0, 0.05) is 25.2 Å².